The Hall–Kier alpha value is -1.77. The summed E-state index contributed by atoms with van der Waals surface area (Å²) in [6.07, 6.45) is 0.789. The highest BCUT2D eigenvalue weighted by molar-refractivity contribution is 7.92. The van der Waals surface area contributed by atoms with E-state index >= 15 is 0 Å². The van der Waals surface area contributed by atoms with E-state index in [-0.39, 0.29) is 17.1 Å². The van der Waals surface area contributed by atoms with Crippen molar-refractivity contribution in [3.8, 4) is 0 Å². The summed E-state index contributed by atoms with van der Waals surface area (Å²) >= 11 is 1.52. The van der Waals surface area contributed by atoms with Crippen LogP contribution in [0.15, 0.2) is 35.7 Å². The molecular weight excluding hydrogens is 370 g/mol. The Balaban J connectivity index is 1.31. The second kappa shape index (κ2) is 7.09. The van der Waals surface area contributed by atoms with Gasteiger partial charge in [0.25, 0.3) is 5.91 Å². The summed E-state index contributed by atoms with van der Waals surface area (Å²) in [5, 5.41) is 5.54. The summed E-state index contributed by atoms with van der Waals surface area (Å²) in [4.78, 5) is 18.8. The lowest BCUT2D eigenvalue weighted by molar-refractivity contribution is 0.0951. The van der Waals surface area contributed by atoms with E-state index in [0.717, 1.165) is 23.7 Å². The monoisotopic (exact) mass is 391 g/mol. The van der Waals surface area contributed by atoms with Crippen LogP contribution in [0.1, 0.15) is 27.5 Å². The minimum absolute atomic E-state index is 0.111. The highest BCUT2D eigenvalue weighted by Crippen LogP contribution is 2.34. The average Bonchev–Trinajstić information content (AvgIpc) is 3.32. The lowest BCUT2D eigenvalue weighted by atomic mass is 10.1. The van der Waals surface area contributed by atoms with Crippen molar-refractivity contribution in [1.29, 1.82) is 0 Å². The molecule has 0 spiro atoms. The van der Waals surface area contributed by atoms with E-state index in [1.807, 2.05) is 23.6 Å². The molecule has 0 radical (unpaired) electrons. The largest absolute Gasteiger partial charge is 0.346 e. The fourth-order valence-electron chi connectivity index (χ4n) is 3.79. The lowest BCUT2D eigenvalue weighted by Crippen LogP contribution is -2.26. The van der Waals surface area contributed by atoms with Gasteiger partial charge in [0.2, 0.25) is 0 Å². The van der Waals surface area contributed by atoms with Gasteiger partial charge in [-0.25, -0.2) is 13.4 Å². The SMILES string of the molecule is O=C(NCc1nc(CN2C[C@@H]3CCS(=O)(=O)[C@@H]3C2)cs1)c1ccccc1. The Morgan fingerprint density at radius 3 is 2.85 bits per heavy atom. The molecule has 1 aromatic carbocycles. The molecule has 2 aromatic rings. The number of sulfone groups is 1. The van der Waals surface area contributed by atoms with Gasteiger partial charge in [0.1, 0.15) is 5.01 Å². The summed E-state index contributed by atoms with van der Waals surface area (Å²) in [5.74, 6) is 0.515. The van der Waals surface area contributed by atoms with Crippen LogP contribution in [0, 0.1) is 5.92 Å². The van der Waals surface area contributed by atoms with Crippen LogP contribution >= 0.6 is 11.3 Å². The molecule has 138 valence electrons. The van der Waals surface area contributed by atoms with Crippen LogP contribution in [-0.4, -0.2) is 48.3 Å². The van der Waals surface area contributed by atoms with Gasteiger partial charge < -0.3 is 5.32 Å². The number of thiazole rings is 1. The molecule has 2 aliphatic heterocycles. The van der Waals surface area contributed by atoms with Gasteiger partial charge in [-0.2, -0.15) is 0 Å². The molecule has 0 aliphatic carbocycles. The van der Waals surface area contributed by atoms with E-state index in [2.05, 4.69) is 15.2 Å². The number of amides is 1. The van der Waals surface area contributed by atoms with Gasteiger partial charge in [-0.15, -0.1) is 11.3 Å². The molecule has 1 N–H and O–H groups in total. The van der Waals surface area contributed by atoms with Gasteiger partial charge >= 0.3 is 0 Å². The van der Waals surface area contributed by atoms with E-state index in [1.165, 1.54) is 11.3 Å². The molecule has 4 rings (SSSR count). The topological polar surface area (TPSA) is 79.4 Å². The quantitative estimate of drug-likeness (QED) is 0.839. The van der Waals surface area contributed by atoms with Crippen molar-refractivity contribution in [2.75, 3.05) is 18.8 Å². The van der Waals surface area contributed by atoms with E-state index < -0.39 is 9.84 Å². The minimum Gasteiger partial charge on any atom is -0.346 e. The number of rotatable bonds is 5. The Kier molecular flexibility index (Phi) is 4.81. The Morgan fingerprint density at radius 1 is 1.27 bits per heavy atom. The zero-order chi connectivity index (χ0) is 18.1. The molecule has 1 amide bonds. The van der Waals surface area contributed by atoms with Crippen molar-refractivity contribution in [1.82, 2.24) is 15.2 Å². The van der Waals surface area contributed by atoms with Crippen molar-refractivity contribution < 1.29 is 13.2 Å². The normalized spacial score (nSPS) is 24.5. The maximum absolute atomic E-state index is 12.1. The summed E-state index contributed by atoms with van der Waals surface area (Å²) in [6, 6.07) is 9.10. The molecule has 3 heterocycles. The van der Waals surface area contributed by atoms with E-state index in [0.29, 0.717) is 31.0 Å². The molecule has 6 nitrogen and oxygen atoms in total. The smallest absolute Gasteiger partial charge is 0.251 e. The van der Waals surface area contributed by atoms with Crippen molar-refractivity contribution in [2.45, 2.75) is 24.8 Å². The molecule has 0 bridgehead atoms. The summed E-state index contributed by atoms with van der Waals surface area (Å²) in [5.41, 5.74) is 1.57. The van der Waals surface area contributed by atoms with E-state index in [1.54, 1.807) is 12.1 Å². The predicted octanol–water partition coefficient (Wildman–Crippen LogP) is 1.69. The number of carbonyl (C=O) groups is 1. The lowest BCUT2D eigenvalue weighted by Gasteiger charge is -2.14. The highest BCUT2D eigenvalue weighted by atomic mass is 32.2. The number of hydrogen-bond acceptors (Lipinski definition) is 6. The fourth-order valence-corrected chi connectivity index (χ4v) is 6.69. The number of nitrogens with one attached hydrogen (secondary N) is 1. The maximum atomic E-state index is 12.1. The molecule has 8 heteroatoms. The molecule has 0 saturated carbocycles. The summed E-state index contributed by atoms with van der Waals surface area (Å²) < 4.78 is 24.1. The van der Waals surface area contributed by atoms with Crippen LogP contribution in [-0.2, 0) is 22.9 Å². The van der Waals surface area contributed by atoms with Gasteiger partial charge in [-0.3, -0.25) is 9.69 Å². The fraction of sp³-hybridized carbons (Fsp3) is 0.444. The van der Waals surface area contributed by atoms with E-state index in [4.69, 9.17) is 0 Å². The molecule has 2 fully saturated rings. The number of likely N-dealkylation sites (tertiary alicyclic amines) is 1. The maximum Gasteiger partial charge on any atom is 0.251 e. The molecule has 2 aliphatic rings. The van der Waals surface area contributed by atoms with Crippen molar-refractivity contribution in [3.05, 3.63) is 52.0 Å². The first kappa shape index (κ1) is 17.6. The zero-order valence-corrected chi connectivity index (χ0v) is 15.9. The Labute approximate surface area is 157 Å². The molecule has 2 saturated heterocycles. The first-order chi connectivity index (χ1) is 12.5. The molecule has 0 unspecified atom stereocenters. The summed E-state index contributed by atoms with van der Waals surface area (Å²) in [7, 11) is -2.90. The number of aromatic nitrogens is 1. The van der Waals surface area contributed by atoms with Crippen LogP contribution in [0.25, 0.3) is 0 Å². The van der Waals surface area contributed by atoms with Crippen molar-refractivity contribution in [3.63, 3.8) is 0 Å². The third kappa shape index (κ3) is 3.67. The van der Waals surface area contributed by atoms with Gasteiger partial charge in [-0.05, 0) is 24.5 Å². The number of fused-ring (bicyclic) bond motifs is 1. The van der Waals surface area contributed by atoms with Crippen molar-refractivity contribution >= 4 is 27.1 Å². The number of hydrogen-bond donors (Lipinski definition) is 1. The van der Waals surface area contributed by atoms with Crippen LogP contribution in [0.3, 0.4) is 0 Å². The standard InChI is InChI=1S/C18H21N3O3S2/c22-18(13-4-2-1-3-5-13)19-8-17-20-15(12-25-17)10-21-9-14-6-7-26(23,24)16(14)11-21/h1-5,12,14,16H,6-11H2,(H,19,22)/t14-,16+/m0/s1. The van der Waals surface area contributed by atoms with Gasteiger partial charge in [0.05, 0.1) is 23.2 Å². The third-order valence-corrected chi connectivity index (χ3v) is 8.27. The predicted molar refractivity (Wildman–Crippen MR) is 101 cm³/mol. The number of nitrogens with zero attached hydrogens (tertiary/aromatic N) is 2. The van der Waals surface area contributed by atoms with Crippen molar-refractivity contribution in [2.24, 2.45) is 5.92 Å². The average molecular weight is 392 g/mol. The molecule has 1 aromatic heterocycles. The van der Waals surface area contributed by atoms with Gasteiger partial charge in [-0.1, -0.05) is 18.2 Å². The third-order valence-electron chi connectivity index (χ3n) is 5.11. The van der Waals surface area contributed by atoms with E-state index in [9.17, 15) is 13.2 Å². The van der Waals surface area contributed by atoms with Gasteiger partial charge in [0.15, 0.2) is 9.84 Å². The van der Waals surface area contributed by atoms with Crippen LogP contribution in [0.5, 0.6) is 0 Å². The number of benzene rings is 1. The molecular formula is C18H21N3O3S2. The minimum atomic E-state index is -2.90. The van der Waals surface area contributed by atoms with Gasteiger partial charge in [0, 0.05) is 30.6 Å². The first-order valence-electron chi connectivity index (χ1n) is 8.72. The molecule has 2 atom stereocenters. The molecule has 26 heavy (non-hydrogen) atoms. The van der Waals surface area contributed by atoms with Crippen LogP contribution in [0.2, 0.25) is 0 Å². The Bertz CT molecular complexity index is 895. The van der Waals surface area contributed by atoms with Crippen LogP contribution in [0.4, 0.5) is 0 Å². The first-order valence-corrected chi connectivity index (χ1v) is 11.3. The Morgan fingerprint density at radius 2 is 2.08 bits per heavy atom. The highest BCUT2D eigenvalue weighted by Gasteiger charge is 2.46. The second-order valence-electron chi connectivity index (χ2n) is 6.93. The summed E-state index contributed by atoms with van der Waals surface area (Å²) in [6.45, 7) is 2.52. The number of carbonyl (C=O) groups excluding carboxylic acids is 1. The zero-order valence-electron chi connectivity index (χ0n) is 14.3. The van der Waals surface area contributed by atoms with Crippen LogP contribution < -0.4 is 5.32 Å². The second-order valence-corrected chi connectivity index (χ2v) is 10.2.